The van der Waals surface area contributed by atoms with E-state index in [0.717, 1.165) is 17.5 Å². The zero-order valence-electron chi connectivity index (χ0n) is 11.7. The van der Waals surface area contributed by atoms with E-state index in [2.05, 4.69) is 15.0 Å². The summed E-state index contributed by atoms with van der Waals surface area (Å²) < 4.78 is 11.0. The molecule has 2 rings (SSSR count). The Balaban J connectivity index is 2.24. The molecule has 1 heterocycles. The molecular weight excluding hydrogens is 278 g/mol. The Kier molecular flexibility index (Phi) is 4.74. The van der Waals surface area contributed by atoms with Gasteiger partial charge in [-0.25, -0.2) is 0 Å². The number of halogens is 1. The molecule has 0 saturated carbocycles. The molecule has 20 heavy (non-hydrogen) atoms. The predicted octanol–water partition coefficient (Wildman–Crippen LogP) is 3.72. The van der Waals surface area contributed by atoms with Gasteiger partial charge in [-0.15, -0.1) is 4.98 Å². The molecule has 106 valence electrons. The molecule has 0 unspecified atom stereocenters. The second-order valence-corrected chi connectivity index (χ2v) is 4.73. The lowest BCUT2D eigenvalue weighted by Crippen LogP contribution is -2.03. The van der Waals surface area contributed by atoms with Crippen LogP contribution in [0, 0.1) is 13.8 Å². The van der Waals surface area contributed by atoms with Crippen molar-refractivity contribution < 1.29 is 9.47 Å². The molecule has 2 aromatic rings. The maximum Gasteiger partial charge on any atom is 0.329 e. The molecule has 5 nitrogen and oxygen atoms in total. The highest BCUT2D eigenvalue weighted by Crippen LogP contribution is 2.25. The largest absolute Gasteiger partial charge is 0.463 e. The van der Waals surface area contributed by atoms with Crippen molar-refractivity contribution in [2.24, 2.45) is 0 Å². The van der Waals surface area contributed by atoms with Crippen LogP contribution in [-0.2, 0) is 0 Å². The van der Waals surface area contributed by atoms with E-state index in [1.165, 1.54) is 0 Å². The SMILES string of the molecule is CCCOc1nc(Cl)nc(Oc2cc(C)ccc2C)n1. The maximum absolute atomic E-state index is 5.84. The summed E-state index contributed by atoms with van der Waals surface area (Å²) in [6, 6.07) is 6.21. The lowest BCUT2D eigenvalue weighted by Gasteiger charge is -2.09. The number of ether oxygens (including phenoxy) is 2. The molecule has 0 aliphatic carbocycles. The van der Waals surface area contributed by atoms with Crippen molar-refractivity contribution >= 4 is 11.6 Å². The quantitative estimate of drug-likeness (QED) is 0.841. The van der Waals surface area contributed by atoms with Crippen LogP contribution in [0.5, 0.6) is 17.8 Å². The summed E-state index contributed by atoms with van der Waals surface area (Å²) in [5, 5.41) is 0.0476. The average Bonchev–Trinajstić information content (AvgIpc) is 2.40. The second kappa shape index (κ2) is 6.52. The lowest BCUT2D eigenvalue weighted by molar-refractivity contribution is 0.284. The number of benzene rings is 1. The molecule has 0 aliphatic rings. The number of hydrogen-bond donors (Lipinski definition) is 0. The monoisotopic (exact) mass is 293 g/mol. The zero-order valence-corrected chi connectivity index (χ0v) is 12.4. The smallest absolute Gasteiger partial charge is 0.329 e. The average molecular weight is 294 g/mol. The summed E-state index contributed by atoms with van der Waals surface area (Å²) in [4.78, 5) is 11.9. The topological polar surface area (TPSA) is 57.1 Å². The molecule has 0 saturated heterocycles. The molecule has 6 heteroatoms. The Morgan fingerprint density at radius 3 is 2.60 bits per heavy atom. The van der Waals surface area contributed by atoms with Crippen LogP contribution in [0.15, 0.2) is 18.2 Å². The van der Waals surface area contributed by atoms with Crippen molar-refractivity contribution in [3.05, 3.63) is 34.6 Å². The van der Waals surface area contributed by atoms with Gasteiger partial charge in [0.2, 0.25) is 5.28 Å². The number of nitrogens with zero attached hydrogens (tertiary/aromatic N) is 3. The molecule has 0 bridgehead atoms. The van der Waals surface area contributed by atoms with Gasteiger partial charge >= 0.3 is 12.0 Å². The van der Waals surface area contributed by atoms with Crippen molar-refractivity contribution in [2.75, 3.05) is 6.61 Å². The van der Waals surface area contributed by atoms with Gasteiger partial charge in [0.25, 0.3) is 0 Å². The summed E-state index contributed by atoms with van der Waals surface area (Å²) in [5.41, 5.74) is 2.08. The lowest BCUT2D eigenvalue weighted by atomic mass is 10.1. The first kappa shape index (κ1) is 14.5. The van der Waals surface area contributed by atoms with Crippen LogP contribution in [0.1, 0.15) is 24.5 Å². The normalized spacial score (nSPS) is 10.4. The Bertz CT molecular complexity index is 605. The van der Waals surface area contributed by atoms with Crippen molar-refractivity contribution in [3.8, 4) is 17.8 Å². The van der Waals surface area contributed by atoms with Crippen molar-refractivity contribution in [3.63, 3.8) is 0 Å². The third-order valence-corrected chi connectivity index (χ3v) is 2.72. The number of hydrogen-bond acceptors (Lipinski definition) is 5. The Morgan fingerprint density at radius 1 is 1.10 bits per heavy atom. The van der Waals surface area contributed by atoms with Crippen molar-refractivity contribution in [1.29, 1.82) is 0 Å². The van der Waals surface area contributed by atoms with Gasteiger partial charge in [-0.2, -0.15) is 9.97 Å². The highest BCUT2D eigenvalue weighted by molar-refractivity contribution is 6.28. The highest BCUT2D eigenvalue weighted by Gasteiger charge is 2.09. The van der Waals surface area contributed by atoms with Crippen LogP contribution in [0.3, 0.4) is 0 Å². The van der Waals surface area contributed by atoms with E-state index in [1.54, 1.807) is 0 Å². The minimum atomic E-state index is 0.0476. The Labute approximate surface area is 123 Å². The number of rotatable bonds is 5. The van der Waals surface area contributed by atoms with E-state index in [-0.39, 0.29) is 17.3 Å². The van der Waals surface area contributed by atoms with Gasteiger partial charge in [0.15, 0.2) is 0 Å². The minimum absolute atomic E-state index is 0.0476. The first-order valence-electron chi connectivity index (χ1n) is 6.38. The number of aromatic nitrogens is 3. The summed E-state index contributed by atoms with van der Waals surface area (Å²) in [6.07, 6.45) is 0.858. The summed E-state index contributed by atoms with van der Waals surface area (Å²) in [6.45, 7) is 6.45. The van der Waals surface area contributed by atoms with Gasteiger partial charge in [-0.05, 0) is 49.1 Å². The number of aryl methyl sites for hydroxylation is 2. The van der Waals surface area contributed by atoms with Gasteiger partial charge in [0, 0.05) is 0 Å². The van der Waals surface area contributed by atoms with Crippen LogP contribution in [-0.4, -0.2) is 21.6 Å². The van der Waals surface area contributed by atoms with Crippen LogP contribution in [0.4, 0.5) is 0 Å². The molecule has 0 atom stereocenters. The Hall–Kier alpha value is -1.88. The Morgan fingerprint density at radius 2 is 1.85 bits per heavy atom. The van der Waals surface area contributed by atoms with E-state index in [0.29, 0.717) is 12.4 Å². The fraction of sp³-hybridized carbons (Fsp3) is 0.357. The molecule has 0 amide bonds. The van der Waals surface area contributed by atoms with Gasteiger partial charge in [-0.1, -0.05) is 19.1 Å². The molecule has 0 aliphatic heterocycles. The van der Waals surface area contributed by atoms with E-state index < -0.39 is 0 Å². The van der Waals surface area contributed by atoms with Gasteiger partial charge in [-0.3, -0.25) is 0 Å². The fourth-order valence-corrected chi connectivity index (χ4v) is 1.68. The third-order valence-electron chi connectivity index (χ3n) is 2.55. The standard InChI is InChI=1S/C14H16ClN3O2/c1-4-7-19-13-16-12(15)17-14(18-13)20-11-8-9(2)5-6-10(11)3/h5-6,8H,4,7H2,1-3H3. The van der Waals surface area contributed by atoms with Crippen molar-refractivity contribution in [2.45, 2.75) is 27.2 Å². The predicted molar refractivity (Wildman–Crippen MR) is 76.6 cm³/mol. The van der Waals surface area contributed by atoms with Gasteiger partial charge in [0.05, 0.1) is 6.61 Å². The molecular formula is C14H16ClN3O2. The molecule has 1 aromatic heterocycles. The van der Waals surface area contributed by atoms with Crippen LogP contribution >= 0.6 is 11.6 Å². The van der Waals surface area contributed by atoms with E-state index in [9.17, 15) is 0 Å². The maximum atomic E-state index is 5.84. The molecule has 0 fully saturated rings. The highest BCUT2D eigenvalue weighted by atomic mass is 35.5. The van der Waals surface area contributed by atoms with E-state index >= 15 is 0 Å². The minimum Gasteiger partial charge on any atom is -0.463 e. The first-order valence-corrected chi connectivity index (χ1v) is 6.75. The summed E-state index contributed by atoms with van der Waals surface area (Å²) in [7, 11) is 0. The fourth-order valence-electron chi connectivity index (χ4n) is 1.53. The molecule has 0 N–H and O–H groups in total. The van der Waals surface area contributed by atoms with E-state index in [1.807, 2.05) is 39.0 Å². The van der Waals surface area contributed by atoms with E-state index in [4.69, 9.17) is 21.1 Å². The van der Waals surface area contributed by atoms with Crippen LogP contribution in [0.25, 0.3) is 0 Å². The molecule has 0 radical (unpaired) electrons. The first-order chi connectivity index (χ1) is 9.58. The van der Waals surface area contributed by atoms with Crippen LogP contribution < -0.4 is 9.47 Å². The zero-order chi connectivity index (χ0) is 14.5. The third kappa shape index (κ3) is 3.81. The summed E-state index contributed by atoms with van der Waals surface area (Å²) >= 11 is 5.84. The second-order valence-electron chi connectivity index (χ2n) is 4.39. The molecule has 0 spiro atoms. The van der Waals surface area contributed by atoms with Gasteiger partial charge in [0.1, 0.15) is 5.75 Å². The summed E-state index contributed by atoms with van der Waals surface area (Å²) in [5.74, 6) is 0.689. The van der Waals surface area contributed by atoms with Crippen molar-refractivity contribution in [1.82, 2.24) is 15.0 Å². The van der Waals surface area contributed by atoms with Gasteiger partial charge < -0.3 is 9.47 Å². The molecule has 1 aromatic carbocycles. The van der Waals surface area contributed by atoms with Crippen LogP contribution in [0.2, 0.25) is 5.28 Å².